The maximum Gasteiger partial charge on any atom is 0.137 e. The SMILES string of the molecule is Nc1ccc(N2C3CCC2CC(=O)C3)cc1. The van der Waals surface area contributed by atoms with Crippen LogP contribution < -0.4 is 10.6 Å². The summed E-state index contributed by atoms with van der Waals surface area (Å²) in [4.78, 5) is 13.9. The summed E-state index contributed by atoms with van der Waals surface area (Å²) >= 11 is 0. The summed E-state index contributed by atoms with van der Waals surface area (Å²) in [5.74, 6) is 0.430. The number of piperidine rings is 1. The molecule has 3 rings (SSSR count). The third-order valence-corrected chi connectivity index (χ3v) is 3.74. The summed E-state index contributed by atoms with van der Waals surface area (Å²) in [7, 11) is 0. The van der Waals surface area contributed by atoms with Crippen LogP contribution in [0.5, 0.6) is 0 Å². The molecular weight excluding hydrogens is 200 g/mol. The first-order valence-electron chi connectivity index (χ1n) is 5.89. The van der Waals surface area contributed by atoms with Crippen molar-refractivity contribution in [1.82, 2.24) is 0 Å². The number of carbonyl (C=O) groups excluding carboxylic acids is 1. The first kappa shape index (κ1) is 9.70. The minimum Gasteiger partial charge on any atom is -0.399 e. The minimum absolute atomic E-state index is 0.426. The van der Waals surface area contributed by atoms with Crippen LogP contribution in [0, 0.1) is 0 Å². The third kappa shape index (κ3) is 1.47. The van der Waals surface area contributed by atoms with Gasteiger partial charge in [0, 0.05) is 36.3 Å². The number of carbonyl (C=O) groups is 1. The van der Waals surface area contributed by atoms with Gasteiger partial charge in [0.25, 0.3) is 0 Å². The van der Waals surface area contributed by atoms with E-state index in [4.69, 9.17) is 5.73 Å². The number of nitrogens with zero attached hydrogens (tertiary/aromatic N) is 1. The van der Waals surface area contributed by atoms with E-state index in [1.54, 1.807) is 0 Å². The highest BCUT2D eigenvalue weighted by Crippen LogP contribution is 2.37. The Labute approximate surface area is 95.2 Å². The van der Waals surface area contributed by atoms with E-state index in [1.165, 1.54) is 5.69 Å². The minimum atomic E-state index is 0.426. The molecule has 0 saturated carbocycles. The highest BCUT2D eigenvalue weighted by atomic mass is 16.1. The van der Waals surface area contributed by atoms with Gasteiger partial charge in [-0.05, 0) is 37.1 Å². The van der Waals surface area contributed by atoms with Crippen molar-refractivity contribution in [2.45, 2.75) is 37.8 Å². The molecule has 2 heterocycles. The quantitative estimate of drug-likeness (QED) is 0.730. The van der Waals surface area contributed by atoms with Gasteiger partial charge in [-0.3, -0.25) is 4.79 Å². The topological polar surface area (TPSA) is 46.3 Å². The summed E-state index contributed by atoms with van der Waals surface area (Å²) in [5.41, 5.74) is 7.70. The second-order valence-electron chi connectivity index (χ2n) is 4.83. The van der Waals surface area contributed by atoms with Crippen molar-refractivity contribution in [3.63, 3.8) is 0 Å². The largest absolute Gasteiger partial charge is 0.399 e. The molecule has 0 amide bonds. The van der Waals surface area contributed by atoms with Gasteiger partial charge < -0.3 is 10.6 Å². The number of hydrogen-bond acceptors (Lipinski definition) is 3. The molecule has 3 heteroatoms. The monoisotopic (exact) mass is 216 g/mol. The molecule has 2 unspecified atom stereocenters. The zero-order valence-corrected chi connectivity index (χ0v) is 9.23. The van der Waals surface area contributed by atoms with Crippen molar-refractivity contribution < 1.29 is 4.79 Å². The van der Waals surface area contributed by atoms with Crippen molar-refractivity contribution in [1.29, 1.82) is 0 Å². The van der Waals surface area contributed by atoms with Crippen LogP contribution >= 0.6 is 0 Å². The Bertz CT molecular complexity index is 396. The van der Waals surface area contributed by atoms with Crippen LogP contribution in [-0.2, 0) is 4.79 Å². The Balaban J connectivity index is 1.90. The van der Waals surface area contributed by atoms with E-state index in [9.17, 15) is 4.79 Å². The zero-order valence-electron chi connectivity index (χ0n) is 9.23. The van der Waals surface area contributed by atoms with Crippen LogP contribution in [-0.4, -0.2) is 17.9 Å². The van der Waals surface area contributed by atoms with Crippen LogP contribution in [0.25, 0.3) is 0 Å². The predicted molar refractivity (Wildman–Crippen MR) is 64.4 cm³/mol. The maximum atomic E-state index is 11.5. The molecule has 2 bridgehead atoms. The Hall–Kier alpha value is -1.51. The molecule has 2 aliphatic rings. The molecule has 84 valence electrons. The first-order valence-corrected chi connectivity index (χ1v) is 5.89. The van der Waals surface area contributed by atoms with E-state index in [0.29, 0.717) is 17.9 Å². The zero-order chi connectivity index (χ0) is 11.1. The standard InChI is InChI=1S/C13H16N2O/c14-9-1-3-10(4-2-9)15-11-5-6-12(15)8-13(16)7-11/h1-4,11-12H,5-8,14H2. The second kappa shape index (κ2) is 3.51. The van der Waals surface area contributed by atoms with Crippen molar-refractivity contribution in [3.8, 4) is 0 Å². The van der Waals surface area contributed by atoms with Crippen LogP contribution in [0.1, 0.15) is 25.7 Å². The molecule has 2 saturated heterocycles. The molecule has 0 aromatic heterocycles. The molecule has 2 atom stereocenters. The van der Waals surface area contributed by atoms with E-state index < -0.39 is 0 Å². The predicted octanol–water partition coefficient (Wildman–Crippen LogP) is 1.97. The van der Waals surface area contributed by atoms with Crippen molar-refractivity contribution in [2.24, 2.45) is 0 Å². The van der Waals surface area contributed by atoms with E-state index >= 15 is 0 Å². The van der Waals surface area contributed by atoms with E-state index in [0.717, 1.165) is 31.4 Å². The van der Waals surface area contributed by atoms with Gasteiger partial charge in [0.1, 0.15) is 5.78 Å². The van der Waals surface area contributed by atoms with E-state index in [-0.39, 0.29) is 0 Å². The lowest BCUT2D eigenvalue weighted by atomic mass is 10.0. The number of anilines is 2. The lowest BCUT2D eigenvalue weighted by Gasteiger charge is -2.36. The summed E-state index contributed by atoms with van der Waals surface area (Å²) in [6.45, 7) is 0. The first-order chi connectivity index (χ1) is 7.74. The van der Waals surface area contributed by atoms with Crippen LogP contribution in [0.3, 0.4) is 0 Å². The molecular formula is C13H16N2O. The molecule has 0 aliphatic carbocycles. The van der Waals surface area contributed by atoms with Crippen LogP contribution in [0.2, 0.25) is 0 Å². The van der Waals surface area contributed by atoms with Gasteiger partial charge in [-0.1, -0.05) is 0 Å². The van der Waals surface area contributed by atoms with Crippen molar-refractivity contribution in [3.05, 3.63) is 24.3 Å². The lowest BCUT2D eigenvalue weighted by molar-refractivity contribution is -0.120. The Morgan fingerprint density at radius 3 is 2.19 bits per heavy atom. The maximum absolute atomic E-state index is 11.5. The number of Topliss-reactive ketones (excluding diaryl/α,β-unsaturated/α-hetero) is 1. The summed E-state index contributed by atoms with van der Waals surface area (Å²) < 4.78 is 0. The summed E-state index contributed by atoms with van der Waals surface area (Å²) in [6, 6.07) is 8.85. The van der Waals surface area contributed by atoms with Gasteiger partial charge in [-0.25, -0.2) is 0 Å². The van der Waals surface area contributed by atoms with Gasteiger partial charge in [-0.15, -0.1) is 0 Å². The fourth-order valence-electron chi connectivity index (χ4n) is 3.04. The molecule has 0 radical (unpaired) electrons. The molecule has 2 fully saturated rings. The molecule has 3 nitrogen and oxygen atoms in total. The average molecular weight is 216 g/mol. The normalized spacial score (nSPS) is 28.5. The summed E-state index contributed by atoms with van der Waals surface area (Å²) in [5, 5.41) is 0. The number of nitrogens with two attached hydrogens (primary N) is 1. The molecule has 2 N–H and O–H groups in total. The third-order valence-electron chi connectivity index (χ3n) is 3.74. The number of rotatable bonds is 1. The van der Waals surface area contributed by atoms with E-state index in [1.807, 2.05) is 12.1 Å². The molecule has 2 aliphatic heterocycles. The molecule has 0 spiro atoms. The van der Waals surface area contributed by atoms with Crippen LogP contribution in [0.4, 0.5) is 11.4 Å². The number of ketones is 1. The highest BCUT2D eigenvalue weighted by Gasteiger charge is 2.39. The highest BCUT2D eigenvalue weighted by molar-refractivity contribution is 5.83. The number of nitrogen functional groups attached to an aromatic ring is 1. The Morgan fingerprint density at radius 2 is 1.62 bits per heavy atom. The number of hydrogen-bond donors (Lipinski definition) is 1. The van der Waals surface area contributed by atoms with E-state index in [2.05, 4.69) is 17.0 Å². The van der Waals surface area contributed by atoms with Gasteiger partial charge in [0.2, 0.25) is 0 Å². The summed E-state index contributed by atoms with van der Waals surface area (Å²) in [6.07, 6.45) is 3.75. The number of benzene rings is 1. The molecule has 1 aromatic rings. The smallest absolute Gasteiger partial charge is 0.137 e. The lowest BCUT2D eigenvalue weighted by Crippen LogP contribution is -2.43. The Morgan fingerprint density at radius 1 is 1.06 bits per heavy atom. The van der Waals surface area contributed by atoms with Gasteiger partial charge in [0.15, 0.2) is 0 Å². The second-order valence-corrected chi connectivity index (χ2v) is 4.83. The van der Waals surface area contributed by atoms with Gasteiger partial charge in [0.05, 0.1) is 0 Å². The fourth-order valence-corrected chi connectivity index (χ4v) is 3.04. The van der Waals surface area contributed by atoms with Gasteiger partial charge in [-0.2, -0.15) is 0 Å². The van der Waals surface area contributed by atoms with Gasteiger partial charge >= 0.3 is 0 Å². The molecule has 1 aromatic carbocycles. The average Bonchev–Trinajstić information content (AvgIpc) is 2.54. The molecule has 16 heavy (non-hydrogen) atoms. The van der Waals surface area contributed by atoms with Crippen LogP contribution in [0.15, 0.2) is 24.3 Å². The van der Waals surface area contributed by atoms with Crippen molar-refractivity contribution in [2.75, 3.05) is 10.6 Å². The van der Waals surface area contributed by atoms with Crippen molar-refractivity contribution >= 4 is 17.2 Å². The fraction of sp³-hybridized carbons (Fsp3) is 0.462. The Kier molecular flexibility index (Phi) is 2.13. The number of fused-ring (bicyclic) bond motifs is 2.